The van der Waals surface area contributed by atoms with Crippen molar-refractivity contribution in [3.8, 4) is 0 Å². The topological polar surface area (TPSA) is 93.2 Å². The first-order chi connectivity index (χ1) is 16.4. The van der Waals surface area contributed by atoms with E-state index in [9.17, 15) is 18.0 Å². The standard InChI is InChI=1S/C25H32N2O6S/c1-2-32-24(28)15-18-34(30,31)27-17-7-6-12-23(27)14-13-21-11-8-16-26(19-21)25(29)33-20-22-9-4-3-5-10-22/h3-5,9-10,13-15,18-19,23H,2,6-8,11-12,16-17,20H2,1H3/b14-13+,18-15+/t23-/m1/s1. The van der Waals surface area contributed by atoms with Crippen LogP contribution < -0.4 is 0 Å². The van der Waals surface area contributed by atoms with E-state index in [1.165, 1.54) is 4.31 Å². The number of rotatable bonds is 8. The van der Waals surface area contributed by atoms with Crippen LogP contribution in [0.3, 0.4) is 0 Å². The second-order valence-electron chi connectivity index (χ2n) is 8.17. The van der Waals surface area contributed by atoms with Gasteiger partial charge in [-0.05, 0) is 43.7 Å². The van der Waals surface area contributed by atoms with Gasteiger partial charge in [-0.2, -0.15) is 4.31 Å². The maximum absolute atomic E-state index is 12.8. The van der Waals surface area contributed by atoms with Gasteiger partial charge >= 0.3 is 12.1 Å². The SMILES string of the molecule is CCOC(=O)/C=C/S(=O)(=O)N1CCCC[C@@H]1/C=C/C1=CN(C(=O)OCc2ccccc2)CCC1. The lowest BCUT2D eigenvalue weighted by Crippen LogP contribution is -2.41. The number of carbonyl (C=O) groups is 2. The summed E-state index contributed by atoms with van der Waals surface area (Å²) in [5, 5.41) is 0.918. The first-order valence-corrected chi connectivity index (χ1v) is 13.1. The first-order valence-electron chi connectivity index (χ1n) is 11.6. The summed E-state index contributed by atoms with van der Waals surface area (Å²) in [7, 11) is -3.76. The Morgan fingerprint density at radius 3 is 2.65 bits per heavy atom. The van der Waals surface area contributed by atoms with E-state index in [1.807, 2.05) is 42.5 Å². The molecule has 3 rings (SSSR count). The number of piperidine rings is 1. The highest BCUT2D eigenvalue weighted by molar-refractivity contribution is 7.92. The number of hydrogen-bond donors (Lipinski definition) is 0. The molecule has 1 fully saturated rings. The molecule has 1 saturated heterocycles. The highest BCUT2D eigenvalue weighted by atomic mass is 32.2. The van der Waals surface area contributed by atoms with Gasteiger partial charge in [0.15, 0.2) is 0 Å². The molecule has 1 aromatic rings. The normalized spacial score (nSPS) is 19.9. The van der Waals surface area contributed by atoms with Crippen LogP contribution in [0.2, 0.25) is 0 Å². The molecule has 2 heterocycles. The smallest absolute Gasteiger partial charge is 0.414 e. The Morgan fingerprint density at radius 1 is 1.09 bits per heavy atom. The van der Waals surface area contributed by atoms with Gasteiger partial charge in [-0.1, -0.05) is 48.9 Å². The van der Waals surface area contributed by atoms with Crippen LogP contribution in [0.1, 0.15) is 44.6 Å². The third-order valence-electron chi connectivity index (χ3n) is 5.65. The van der Waals surface area contributed by atoms with E-state index in [0.29, 0.717) is 19.5 Å². The lowest BCUT2D eigenvalue weighted by Gasteiger charge is -2.32. The number of amides is 1. The maximum Gasteiger partial charge on any atom is 0.414 e. The highest BCUT2D eigenvalue weighted by Gasteiger charge is 2.29. The summed E-state index contributed by atoms with van der Waals surface area (Å²) in [4.78, 5) is 25.6. The van der Waals surface area contributed by atoms with Crippen molar-refractivity contribution in [2.24, 2.45) is 0 Å². The van der Waals surface area contributed by atoms with Crippen molar-refractivity contribution in [2.45, 2.75) is 51.7 Å². The predicted molar refractivity (Wildman–Crippen MR) is 129 cm³/mol. The number of ether oxygens (including phenoxy) is 2. The van der Waals surface area contributed by atoms with Gasteiger partial charge in [0.2, 0.25) is 10.0 Å². The number of sulfonamides is 1. The molecule has 34 heavy (non-hydrogen) atoms. The maximum atomic E-state index is 12.8. The molecule has 0 radical (unpaired) electrons. The Labute approximate surface area is 201 Å². The molecular formula is C25H32N2O6S. The van der Waals surface area contributed by atoms with Gasteiger partial charge in [-0.3, -0.25) is 4.90 Å². The average Bonchev–Trinajstić information content (AvgIpc) is 2.86. The second kappa shape index (κ2) is 12.5. The fraction of sp³-hybridized carbons (Fsp3) is 0.440. The minimum absolute atomic E-state index is 0.185. The first kappa shape index (κ1) is 25.7. The summed E-state index contributed by atoms with van der Waals surface area (Å²) >= 11 is 0. The van der Waals surface area contributed by atoms with E-state index >= 15 is 0 Å². The van der Waals surface area contributed by atoms with Crippen LogP contribution in [0.25, 0.3) is 0 Å². The fourth-order valence-corrected chi connectivity index (χ4v) is 5.32. The number of benzene rings is 1. The Balaban J connectivity index is 1.64. The largest absolute Gasteiger partial charge is 0.463 e. The molecule has 184 valence electrons. The summed E-state index contributed by atoms with van der Waals surface area (Å²) < 4.78 is 37.2. The molecule has 0 aliphatic carbocycles. The van der Waals surface area contributed by atoms with E-state index in [0.717, 1.165) is 48.3 Å². The van der Waals surface area contributed by atoms with Crippen LogP contribution in [-0.4, -0.2) is 55.4 Å². The molecule has 8 nitrogen and oxygen atoms in total. The predicted octanol–water partition coefficient (Wildman–Crippen LogP) is 4.12. The van der Waals surface area contributed by atoms with Crippen LogP contribution in [0.5, 0.6) is 0 Å². The minimum atomic E-state index is -3.76. The third kappa shape index (κ3) is 7.56. The monoisotopic (exact) mass is 488 g/mol. The summed E-state index contributed by atoms with van der Waals surface area (Å²) in [5.74, 6) is -0.679. The molecule has 1 atom stereocenters. The average molecular weight is 489 g/mol. The summed E-state index contributed by atoms with van der Waals surface area (Å²) in [5.41, 5.74) is 1.86. The molecule has 0 saturated carbocycles. The molecule has 2 aliphatic rings. The van der Waals surface area contributed by atoms with Crippen molar-refractivity contribution in [2.75, 3.05) is 19.7 Å². The molecular weight excluding hydrogens is 456 g/mol. The molecule has 0 unspecified atom stereocenters. The zero-order valence-corrected chi connectivity index (χ0v) is 20.3. The van der Waals surface area contributed by atoms with Gasteiger partial charge in [-0.25, -0.2) is 18.0 Å². The van der Waals surface area contributed by atoms with Gasteiger partial charge in [0.1, 0.15) is 6.61 Å². The van der Waals surface area contributed by atoms with Gasteiger partial charge in [0.25, 0.3) is 0 Å². The molecule has 0 aromatic heterocycles. The highest BCUT2D eigenvalue weighted by Crippen LogP contribution is 2.24. The van der Waals surface area contributed by atoms with Gasteiger partial charge in [0.05, 0.1) is 12.0 Å². The van der Waals surface area contributed by atoms with Crippen molar-refractivity contribution >= 4 is 22.1 Å². The third-order valence-corrected chi connectivity index (χ3v) is 7.23. The van der Waals surface area contributed by atoms with Crippen LogP contribution in [0.4, 0.5) is 4.79 Å². The Morgan fingerprint density at radius 2 is 1.88 bits per heavy atom. The van der Waals surface area contributed by atoms with Crippen molar-refractivity contribution in [3.63, 3.8) is 0 Å². The van der Waals surface area contributed by atoms with Gasteiger partial charge in [0, 0.05) is 31.4 Å². The number of hydrogen-bond acceptors (Lipinski definition) is 6. The van der Waals surface area contributed by atoms with Crippen LogP contribution in [-0.2, 0) is 30.9 Å². The summed E-state index contributed by atoms with van der Waals surface area (Å²) in [6, 6.07) is 9.19. The van der Waals surface area contributed by atoms with Crippen LogP contribution >= 0.6 is 0 Å². The van der Waals surface area contributed by atoms with Crippen LogP contribution in [0.15, 0.2) is 65.7 Å². The molecule has 0 N–H and O–H groups in total. The Bertz CT molecular complexity index is 1030. The minimum Gasteiger partial charge on any atom is -0.463 e. The molecule has 1 aromatic carbocycles. The number of allylic oxidation sites excluding steroid dienone is 2. The van der Waals surface area contributed by atoms with E-state index < -0.39 is 22.1 Å². The van der Waals surface area contributed by atoms with E-state index in [1.54, 1.807) is 18.0 Å². The van der Waals surface area contributed by atoms with Crippen LogP contribution in [0, 0.1) is 0 Å². The lowest BCUT2D eigenvalue weighted by atomic mass is 10.0. The summed E-state index contributed by atoms with van der Waals surface area (Å²) in [6.45, 7) is 3.03. The molecule has 1 amide bonds. The van der Waals surface area contributed by atoms with E-state index in [4.69, 9.17) is 9.47 Å². The lowest BCUT2D eigenvalue weighted by molar-refractivity contribution is -0.137. The van der Waals surface area contributed by atoms with Gasteiger partial charge < -0.3 is 9.47 Å². The van der Waals surface area contributed by atoms with Crippen molar-refractivity contribution in [3.05, 3.63) is 71.3 Å². The van der Waals surface area contributed by atoms with Gasteiger partial charge in [-0.15, -0.1) is 0 Å². The van der Waals surface area contributed by atoms with E-state index in [2.05, 4.69) is 0 Å². The Kier molecular flexibility index (Phi) is 9.47. The molecule has 2 aliphatic heterocycles. The molecule has 9 heteroatoms. The zero-order valence-electron chi connectivity index (χ0n) is 19.5. The number of nitrogens with zero attached hydrogens (tertiary/aromatic N) is 2. The molecule has 0 spiro atoms. The van der Waals surface area contributed by atoms with Crippen molar-refractivity contribution < 1.29 is 27.5 Å². The Hall–Kier alpha value is -2.91. The summed E-state index contributed by atoms with van der Waals surface area (Å²) in [6.07, 6.45) is 10.1. The number of esters is 1. The number of carbonyl (C=O) groups excluding carboxylic acids is 2. The second-order valence-corrected chi connectivity index (χ2v) is 9.94. The molecule has 0 bridgehead atoms. The fourth-order valence-electron chi connectivity index (χ4n) is 3.94. The van der Waals surface area contributed by atoms with E-state index in [-0.39, 0.29) is 19.3 Å². The quantitative estimate of drug-likeness (QED) is 0.404. The van der Waals surface area contributed by atoms with Crippen molar-refractivity contribution in [1.82, 2.24) is 9.21 Å². The van der Waals surface area contributed by atoms with Crippen molar-refractivity contribution in [1.29, 1.82) is 0 Å². The zero-order chi connectivity index (χ0) is 24.4.